The molecule has 0 spiro atoms. The number of carbonyl (C=O) groups excluding carboxylic acids is 1. The molecule has 2 heterocycles. The summed E-state index contributed by atoms with van der Waals surface area (Å²) in [7, 11) is 0. The maximum atomic E-state index is 10.7. The molecule has 0 unspecified atom stereocenters. The Balaban J connectivity index is 0.000000136. The fraction of sp³-hybridized carbons (Fsp3) is 0. The largest absolute Gasteiger partial charge is 0.423 e. The highest BCUT2D eigenvalue weighted by Crippen LogP contribution is 2.25. The fourth-order valence-electron chi connectivity index (χ4n) is 2.95. The topological polar surface area (TPSA) is 63.1 Å². The Morgan fingerprint density at radius 1 is 0.769 bits per heavy atom. The van der Waals surface area contributed by atoms with Crippen LogP contribution in [0.5, 0.6) is 0 Å². The van der Waals surface area contributed by atoms with Gasteiger partial charge in [0.1, 0.15) is 11.9 Å². The van der Waals surface area contributed by atoms with Crippen molar-refractivity contribution in [3.63, 3.8) is 0 Å². The van der Waals surface area contributed by atoms with Gasteiger partial charge in [-0.15, -0.1) is 0 Å². The minimum absolute atomic E-state index is 0.302. The van der Waals surface area contributed by atoms with Gasteiger partial charge in [0.15, 0.2) is 0 Å². The highest BCUT2D eigenvalue weighted by Gasteiger charge is 2.03. The van der Waals surface area contributed by atoms with E-state index in [1.165, 1.54) is 6.07 Å². The van der Waals surface area contributed by atoms with Crippen molar-refractivity contribution in [2.45, 2.75) is 0 Å². The van der Waals surface area contributed by atoms with E-state index < -0.39 is 0 Å². The number of aromatic nitrogens is 1. The normalized spacial score (nSPS) is 10.6. The van der Waals surface area contributed by atoms with Crippen LogP contribution in [-0.2, 0) is 0 Å². The van der Waals surface area contributed by atoms with Crippen molar-refractivity contribution in [2.75, 3.05) is 0 Å². The number of benzene rings is 3. The van der Waals surface area contributed by atoms with Crippen LogP contribution in [0.4, 0.5) is 0 Å². The third kappa shape index (κ3) is 3.00. The van der Waals surface area contributed by atoms with Gasteiger partial charge in [0.05, 0.1) is 0 Å². The Labute approximate surface area is 148 Å². The number of H-pyrrole nitrogens is 1. The number of nitrogens with one attached hydrogen (secondary N) is 1. The van der Waals surface area contributed by atoms with Gasteiger partial charge >= 0.3 is 5.63 Å². The average molecular weight is 341 g/mol. The average Bonchev–Trinajstić information content (AvgIpc) is 3.06. The summed E-state index contributed by atoms with van der Waals surface area (Å²) >= 11 is 0. The molecule has 0 bridgehead atoms. The molecule has 0 amide bonds. The maximum Gasteiger partial charge on any atom is 0.336 e. The Morgan fingerprint density at radius 2 is 1.54 bits per heavy atom. The summed E-state index contributed by atoms with van der Waals surface area (Å²) in [5, 5.41) is 3.22. The standard InChI is InChI=1S/C13H9NO.C9H6O2/c15-8-9-5-6-13-11(7-9)10-3-1-2-4-12(10)14-13;10-9-6-5-7-3-1-2-4-8(7)11-9/h1-8,14H;1-6H. The molecule has 1 N–H and O–H groups in total. The first kappa shape index (κ1) is 15.8. The van der Waals surface area contributed by atoms with Gasteiger partial charge in [0, 0.05) is 38.8 Å². The maximum absolute atomic E-state index is 10.7. The summed E-state index contributed by atoms with van der Waals surface area (Å²) in [5.74, 6) is 0. The lowest BCUT2D eigenvalue weighted by Gasteiger charge is -1.92. The first-order valence-corrected chi connectivity index (χ1v) is 8.19. The van der Waals surface area contributed by atoms with Crippen molar-refractivity contribution in [3.05, 3.63) is 94.8 Å². The van der Waals surface area contributed by atoms with Crippen LogP contribution in [0.1, 0.15) is 10.4 Å². The summed E-state index contributed by atoms with van der Waals surface area (Å²) in [6.07, 6.45) is 0.876. The predicted octanol–water partition coefficient (Wildman–Crippen LogP) is 4.93. The van der Waals surface area contributed by atoms with E-state index in [0.717, 1.165) is 33.5 Å². The molecule has 0 atom stereocenters. The number of para-hydroxylation sites is 2. The number of hydrogen-bond donors (Lipinski definition) is 1. The Bertz CT molecular complexity index is 1280. The van der Waals surface area contributed by atoms with Crippen LogP contribution in [0.25, 0.3) is 32.8 Å². The molecule has 0 saturated heterocycles. The van der Waals surface area contributed by atoms with E-state index in [2.05, 4.69) is 11.1 Å². The van der Waals surface area contributed by atoms with Crippen molar-refractivity contribution >= 4 is 39.1 Å². The molecule has 3 aromatic carbocycles. The minimum atomic E-state index is -0.302. The summed E-state index contributed by atoms with van der Waals surface area (Å²) in [6, 6.07) is 24.4. The number of aromatic amines is 1. The van der Waals surface area contributed by atoms with E-state index in [9.17, 15) is 9.59 Å². The zero-order valence-corrected chi connectivity index (χ0v) is 13.8. The molecule has 4 heteroatoms. The van der Waals surface area contributed by atoms with Gasteiger partial charge in [0.25, 0.3) is 0 Å². The first-order valence-electron chi connectivity index (χ1n) is 8.19. The quantitative estimate of drug-likeness (QED) is 0.347. The second-order valence-corrected chi connectivity index (χ2v) is 5.89. The van der Waals surface area contributed by atoms with Gasteiger partial charge in [-0.25, -0.2) is 4.79 Å². The molecule has 0 aliphatic carbocycles. The van der Waals surface area contributed by atoms with Crippen molar-refractivity contribution < 1.29 is 9.21 Å². The lowest BCUT2D eigenvalue weighted by molar-refractivity contribution is 0.112. The van der Waals surface area contributed by atoms with Gasteiger partial charge in [0.2, 0.25) is 0 Å². The molecule has 0 saturated carbocycles. The molecule has 2 aromatic heterocycles. The number of carbonyl (C=O) groups is 1. The molecule has 0 fully saturated rings. The Hall–Kier alpha value is -3.66. The van der Waals surface area contributed by atoms with E-state index in [4.69, 9.17) is 4.42 Å². The lowest BCUT2D eigenvalue weighted by atomic mass is 10.1. The molecule has 0 aliphatic rings. The summed E-state index contributed by atoms with van der Waals surface area (Å²) in [5.41, 5.74) is 3.23. The van der Waals surface area contributed by atoms with Crippen LogP contribution in [0, 0.1) is 0 Å². The second kappa shape index (κ2) is 6.69. The highest BCUT2D eigenvalue weighted by atomic mass is 16.4. The monoisotopic (exact) mass is 341 g/mol. The molecule has 26 heavy (non-hydrogen) atoms. The highest BCUT2D eigenvalue weighted by molar-refractivity contribution is 6.08. The van der Waals surface area contributed by atoms with Crippen molar-refractivity contribution in [1.29, 1.82) is 0 Å². The van der Waals surface area contributed by atoms with Crippen LogP contribution < -0.4 is 5.63 Å². The van der Waals surface area contributed by atoms with Crippen LogP contribution in [-0.4, -0.2) is 11.3 Å². The summed E-state index contributed by atoms with van der Waals surface area (Å²) < 4.78 is 4.91. The van der Waals surface area contributed by atoms with E-state index in [1.807, 2.05) is 54.6 Å². The molecule has 0 aliphatic heterocycles. The zero-order valence-electron chi connectivity index (χ0n) is 13.8. The molecule has 4 nitrogen and oxygen atoms in total. The Morgan fingerprint density at radius 3 is 2.42 bits per heavy atom. The van der Waals surface area contributed by atoms with E-state index in [-0.39, 0.29) is 5.63 Å². The second-order valence-electron chi connectivity index (χ2n) is 5.89. The SMILES string of the molecule is O=Cc1ccc2[nH]c3ccccc3c2c1.O=c1ccc2ccccc2o1. The third-order valence-corrected chi connectivity index (χ3v) is 4.19. The van der Waals surface area contributed by atoms with Crippen LogP contribution in [0.2, 0.25) is 0 Å². The third-order valence-electron chi connectivity index (χ3n) is 4.19. The van der Waals surface area contributed by atoms with Crippen LogP contribution in [0.15, 0.2) is 88.1 Å². The van der Waals surface area contributed by atoms with Gasteiger partial charge in [-0.05, 0) is 36.4 Å². The molecule has 5 aromatic rings. The smallest absolute Gasteiger partial charge is 0.336 e. The van der Waals surface area contributed by atoms with Crippen molar-refractivity contribution in [1.82, 2.24) is 4.98 Å². The number of aldehydes is 1. The molecule has 0 radical (unpaired) electrons. The number of hydrogen-bond acceptors (Lipinski definition) is 3. The lowest BCUT2D eigenvalue weighted by Crippen LogP contribution is -1.93. The molecule has 5 rings (SSSR count). The van der Waals surface area contributed by atoms with Gasteiger partial charge in [-0.3, -0.25) is 4.79 Å². The predicted molar refractivity (Wildman–Crippen MR) is 104 cm³/mol. The Kier molecular flexibility index (Phi) is 4.07. The van der Waals surface area contributed by atoms with E-state index in [1.54, 1.807) is 12.1 Å². The summed E-state index contributed by atoms with van der Waals surface area (Å²) in [4.78, 5) is 24.7. The zero-order chi connectivity index (χ0) is 17.9. The van der Waals surface area contributed by atoms with Crippen LogP contribution >= 0.6 is 0 Å². The fourth-order valence-corrected chi connectivity index (χ4v) is 2.95. The summed E-state index contributed by atoms with van der Waals surface area (Å²) in [6.45, 7) is 0. The number of rotatable bonds is 1. The van der Waals surface area contributed by atoms with Crippen molar-refractivity contribution in [2.24, 2.45) is 0 Å². The van der Waals surface area contributed by atoms with Gasteiger partial charge in [-0.2, -0.15) is 0 Å². The van der Waals surface area contributed by atoms with Crippen molar-refractivity contribution in [3.8, 4) is 0 Å². The number of fused-ring (bicyclic) bond motifs is 4. The van der Waals surface area contributed by atoms with Crippen LogP contribution in [0.3, 0.4) is 0 Å². The van der Waals surface area contributed by atoms with E-state index in [0.29, 0.717) is 11.1 Å². The molecule has 126 valence electrons. The molecular weight excluding hydrogens is 326 g/mol. The molecular formula is C22H15NO3. The minimum Gasteiger partial charge on any atom is -0.423 e. The van der Waals surface area contributed by atoms with Gasteiger partial charge < -0.3 is 9.40 Å². The van der Waals surface area contributed by atoms with E-state index >= 15 is 0 Å². The van der Waals surface area contributed by atoms with Gasteiger partial charge in [-0.1, -0.05) is 36.4 Å². The first-order chi connectivity index (χ1) is 12.7.